The molecule has 1 saturated heterocycles. The SMILES string of the molecule is CCCCCCCOc1ccc(-c2cnc(-c3ccc(C[C@H](NC(=O)c4ccc(C(C)(C)C)s4)C(=O)N4CCCNCC4)cc3)nc2)cc1. The second kappa shape index (κ2) is 17.5. The summed E-state index contributed by atoms with van der Waals surface area (Å²) in [7, 11) is 0. The van der Waals surface area contributed by atoms with Crippen LogP contribution in [0.5, 0.6) is 5.75 Å². The third-order valence-corrected chi connectivity index (χ3v) is 10.3. The Balaban J connectivity index is 1.22. The van der Waals surface area contributed by atoms with E-state index in [9.17, 15) is 9.59 Å². The van der Waals surface area contributed by atoms with E-state index in [4.69, 9.17) is 4.74 Å². The monoisotopic (exact) mass is 681 g/mol. The van der Waals surface area contributed by atoms with E-state index in [1.54, 1.807) is 0 Å². The molecule has 8 nitrogen and oxygen atoms in total. The number of unbranched alkanes of at least 4 members (excludes halogenated alkanes) is 4. The third-order valence-electron chi connectivity index (χ3n) is 8.83. The molecule has 9 heteroatoms. The zero-order valence-corrected chi connectivity index (χ0v) is 30.3. The summed E-state index contributed by atoms with van der Waals surface area (Å²) in [5.41, 5.74) is 3.77. The Hall–Kier alpha value is -4.08. The normalized spacial score (nSPS) is 14.2. The Labute approximate surface area is 295 Å². The lowest BCUT2D eigenvalue weighted by Gasteiger charge is -2.26. The fraction of sp³-hybridized carbons (Fsp3) is 0.450. The van der Waals surface area contributed by atoms with Gasteiger partial charge < -0.3 is 20.3 Å². The van der Waals surface area contributed by atoms with E-state index in [2.05, 4.69) is 48.3 Å². The van der Waals surface area contributed by atoms with Crippen molar-refractivity contribution in [2.45, 2.75) is 84.1 Å². The van der Waals surface area contributed by atoms with Crippen LogP contribution in [0.15, 0.2) is 73.1 Å². The molecular weight excluding hydrogens is 631 g/mol. The van der Waals surface area contributed by atoms with Gasteiger partial charge in [0, 0.05) is 54.5 Å². The van der Waals surface area contributed by atoms with Crippen molar-refractivity contribution in [1.82, 2.24) is 25.5 Å². The molecule has 1 atom stereocenters. The predicted octanol–water partition coefficient (Wildman–Crippen LogP) is 7.68. The number of thiophene rings is 1. The third kappa shape index (κ3) is 10.5. The first kappa shape index (κ1) is 36.2. The zero-order valence-electron chi connectivity index (χ0n) is 29.5. The first-order chi connectivity index (χ1) is 23.7. The van der Waals surface area contributed by atoms with Crippen molar-refractivity contribution in [1.29, 1.82) is 0 Å². The van der Waals surface area contributed by atoms with E-state index in [-0.39, 0.29) is 17.2 Å². The van der Waals surface area contributed by atoms with Crippen molar-refractivity contribution in [2.24, 2.45) is 0 Å². The number of aromatic nitrogens is 2. The van der Waals surface area contributed by atoms with Gasteiger partial charge in [0.25, 0.3) is 5.91 Å². The Morgan fingerprint density at radius 3 is 2.29 bits per heavy atom. The van der Waals surface area contributed by atoms with Crippen LogP contribution < -0.4 is 15.4 Å². The number of hydrogen-bond acceptors (Lipinski definition) is 7. The van der Waals surface area contributed by atoms with Crippen molar-refractivity contribution in [3.05, 3.63) is 88.4 Å². The highest BCUT2D eigenvalue weighted by Gasteiger charge is 2.28. The molecular formula is C40H51N5O3S. The molecule has 0 spiro atoms. The van der Waals surface area contributed by atoms with Crippen molar-refractivity contribution in [3.63, 3.8) is 0 Å². The molecule has 0 bridgehead atoms. The molecule has 0 aliphatic carbocycles. The Morgan fingerprint density at radius 2 is 1.59 bits per heavy atom. The highest BCUT2D eigenvalue weighted by atomic mass is 32.1. The van der Waals surface area contributed by atoms with Gasteiger partial charge in [0.05, 0.1) is 11.5 Å². The van der Waals surface area contributed by atoms with Gasteiger partial charge in [-0.2, -0.15) is 0 Å². The topological polar surface area (TPSA) is 96.4 Å². The number of benzene rings is 2. The Morgan fingerprint density at radius 1 is 0.878 bits per heavy atom. The number of rotatable bonds is 14. The van der Waals surface area contributed by atoms with Gasteiger partial charge in [-0.25, -0.2) is 9.97 Å². The second-order valence-electron chi connectivity index (χ2n) is 13.9. The molecule has 3 heterocycles. The summed E-state index contributed by atoms with van der Waals surface area (Å²) in [6.45, 7) is 12.3. The average molecular weight is 682 g/mol. The van der Waals surface area contributed by atoms with Gasteiger partial charge in [0.2, 0.25) is 5.91 Å². The summed E-state index contributed by atoms with van der Waals surface area (Å²) in [5, 5.41) is 6.44. The fourth-order valence-corrected chi connectivity index (χ4v) is 6.84. The van der Waals surface area contributed by atoms with Crippen LogP contribution in [0.1, 0.15) is 86.3 Å². The van der Waals surface area contributed by atoms with Crippen molar-refractivity contribution < 1.29 is 14.3 Å². The molecule has 1 aliphatic rings. The van der Waals surface area contributed by atoms with Gasteiger partial charge >= 0.3 is 0 Å². The van der Waals surface area contributed by atoms with Crippen LogP contribution in [-0.2, 0) is 16.6 Å². The highest BCUT2D eigenvalue weighted by molar-refractivity contribution is 7.14. The molecule has 0 radical (unpaired) electrons. The molecule has 1 fully saturated rings. The van der Waals surface area contributed by atoms with Gasteiger partial charge in [-0.3, -0.25) is 9.59 Å². The first-order valence-electron chi connectivity index (χ1n) is 17.8. The van der Waals surface area contributed by atoms with Gasteiger partial charge in [-0.1, -0.05) is 89.8 Å². The van der Waals surface area contributed by atoms with Crippen molar-refractivity contribution in [3.8, 4) is 28.3 Å². The predicted molar refractivity (Wildman–Crippen MR) is 199 cm³/mol. The van der Waals surface area contributed by atoms with E-state index >= 15 is 0 Å². The number of carbonyl (C=O) groups is 2. The van der Waals surface area contributed by atoms with E-state index in [0.29, 0.717) is 30.2 Å². The number of amides is 2. The molecule has 2 aromatic heterocycles. The number of hydrogen-bond donors (Lipinski definition) is 2. The number of nitrogens with one attached hydrogen (secondary N) is 2. The van der Waals surface area contributed by atoms with E-state index in [0.717, 1.165) is 65.4 Å². The summed E-state index contributed by atoms with van der Waals surface area (Å²) in [5.74, 6) is 1.25. The molecule has 4 aromatic rings. The van der Waals surface area contributed by atoms with Gasteiger partial charge in [-0.05, 0) is 60.2 Å². The lowest BCUT2D eigenvalue weighted by molar-refractivity contribution is -0.133. The van der Waals surface area contributed by atoms with Crippen LogP contribution in [0.2, 0.25) is 0 Å². The Kier molecular flexibility index (Phi) is 13.0. The fourth-order valence-electron chi connectivity index (χ4n) is 5.87. The highest BCUT2D eigenvalue weighted by Crippen LogP contribution is 2.30. The van der Waals surface area contributed by atoms with Crippen molar-refractivity contribution in [2.75, 3.05) is 32.8 Å². The molecule has 2 aromatic carbocycles. The first-order valence-corrected chi connectivity index (χ1v) is 18.6. The minimum Gasteiger partial charge on any atom is -0.494 e. The van der Waals surface area contributed by atoms with Crippen LogP contribution in [0.25, 0.3) is 22.5 Å². The maximum atomic E-state index is 13.8. The van der Waals surface area contributed by atoms with Crippen LogP contribution in [0, 0.1) is 0 Å². The number of carbonyl (C=O) groups excluding carboxylic acids is 2. The van der Waals surface area contributed by atoms with Crippen molar-refractivity contribution >= 4 is 23.2 Å². The molecule has 0 saturated carbocycles. The Bertz CT molecular complexity index is 1620. The second-order valence-corrected chi connectivity index (χ2v) is 14.9. The number of ether oxygens (including phenoxy) is 1. The van der Waals surface area contributed by atoms with Crippen LogP contribution in [0.4, 0.5) is 0 Å². The minimum atomic E-state index is -0.672. The van der Waals surface area contributed by atoms with Gasteiger partial charge in [-0.15, -0.1) is 11.3 Å². The smallest absolute Gasteiger partial charge is 0.262 e. The maximum Gasteiger partial charge on any atom is 0.262 e. The van der Waals surface area contributed by atoms with Crippen LogP contribution in [-0.4, -0.2) is 65.5 Å². The van der Waals surface area contributed by atoms with E-state index in [1.807, 2.05) is 78.0 Å². The lowest BCUT2D eigenvalue weighted by Crippen LogP contribution is -2.50. The van der Waals surface area contributed by atoms with Gasteiger partial charge in [0.15, 0.2) is 5.82 Å². The summed E-state index contributed by atoms with van der Waals surface area (Å²) in [6, 6.07) is 19.2. The van der Waals surface area contributed by atoms with Crippen LogP contribution in [0.3, 0.4) is 0 Å². The molecule has 49 heavy (non-hydrogen) atoms. The standard InChI is InChI=1S/C40H51N5O3S/c1-5-6-7-8-9-25-48-33-17-15-30(16-18-33)32-27-42-37(43-28-32)31-13-11-29(12-14-31)26-34(39(47)45-23-10-21-41-22-24-45)44-38(46)35-19-20-36(49-35)40(2,3)4/h11-20,27-28,34,41H,5-10,21-26H2,1-4H3,(H,44,46)/t34-/m0/s1. The zero-order chi connectivity index (χ0) is 34.6. The number of nitrogens with zero attached hydrogens (tertiary/aromatic N) is 3. The maximum absolute atomic E-state index is 13.8. The summed E-state index contributed by atoms with van der Waals surface area (Å²) in [6.07, 6.45) is 11.1. The lowest BCUT2D eigenvalue weighted by atomic mass is 9.95. The molecule has 2 N–H and O–H groups in total. The average Bonchev–Trinajstić information content (AvgIpc) is 3.48. The van der Waals surface area contributed by atoms with E-state index in [1.165, 1.54) is 37.0 Å². The summed E-state index contributed by atoms with van der Waals surface area (Å²) >= 11 is 1.49. The molecule has 5 rings (SSSR count). The van der Waals surface area contributed by atoms with Gasteiger partial charge in [0.1, 0.15) is 11.8 Å². The minimum absolute atomic E-state index is 0.0447. The molecule has 1 aliphatic heterocycles. The quantitative estimate of drug-likeness (QED) is 0.133. The molecule has 260 valence electrons. The summed E-state index contributed by atoms with van der Waals surface area (Å²) < 4.78 is 5.91. The molecule has 2 amide bonds. The largest absolute Gasteiger partial charge is 0.494 e. The van der Waals surface area contributed by atoms with E-state index < -0.39 is 6.04 Å². The van der Waals surface area contributed by atoms with Crippen LogP contribution >= 0.6 is 11.3 Å². The summed E-state index contributed by atoms with van der Waals surface area (Å²) in [4.78, 5) is 40.1. The molecule has 0 unspecified atom stereocenters.